The van der Waals surface area contributed by atoms with Gasteiger partial charge in [0.15, 0.2) is 0 Å². The molecule has 7 nitrogen and oxygen atoms in total. The van der Waals surface area contributed by atoms with Crippen LogP contribution in [0.3, 0.4) is 0 Å². The van der Waals surface area contributed by atoms with Crippen molar-refractivity contribution in [3.8, 4) is 0 Å². The molecule has 108 valence electrons. The molecule has 0 radical (unpaired) electrons. The molecule has 7 heteroatoms. The summed E-state index contributed by atoms with van der Waals surface area (Å²) in [6.07, 6.45) is -0.135. The molecule has 0 aromatic rings. The highest BCUT2D eigenvalue weighted by Crippen LogP contribution is 2.26. The van der Waals surface area contributed by atoms with Crippen LogP contribution in [0.15, 0.2) is 0 Å². The number of ether oxygens (including phenoxy) is 1. The summed E-state index contributed by atoms with van der Waals surface area (Å²) in [5, 5.41) is 21.4. The normalized spacial score (nSPS) is 38.5. The van der Waals surface area contributed by atoms with Crippen LogP contribution < -0.4 is 5.32 Å². The van der Waals surface area contributed by atoms with E-state index in [2.05, 4.69) is 5.32 Å². The van der Waals surface area contributed by atoms with Gasteiger partial charge in [-0.15, -0.1) is 0 Å². The van der Waals surface area contributed by atoms with Crippen LogP contribution in [0.4, 0.5) is 4.79 Å². The zero-order valence-electron chi connectivity index (χ0n) is 11.1. The monoisotopic (exact) mass is 272 g/mol. The van der Waals surface area contributed by atoms with E-state index in [1.807, 2.05) is 13.8 Å². The smallest absolute Gasteiger partial charge is 0.326 e. The van der Waals surface area contributed by atoms with E-state index in [4.69, 9.17) is 9.84 Å². The molecule has 4 atom stereocenters. The first-order chi connectivity index (χ1) is 8.83. The van der Waals surface area contributed by atoms with E-state index in [1.165, 1.54) is 4.90 Å². The van der Waals surface area contributed by atoms with Crippen LogP contribution in [0.1, 0.15) is 26.7 Å². The summed E-state index contributed by atoms with van der Waals surface area (Å²) in [5.74, 6) is -1.09. The van der Waals surface area contributed by atoms with Crippen molar-refractivity contribution < 1.29 is 24.5 Å². The minimum Gasteiger partial charge on any atom is -0.480 e. The number of hydrogen-bond acceptors (Lipinski definition) is 4. The average molecular weight is 272 g/mol. The number of β-amino-alcohol motifs (C(OH)–C–C–N with tert-alkyl or cyclic N) is 1. The van der Waals surface area contributed by atoms with Crippen LogP contribution in [0.25, 0.3) is 0 Å². The number of aliphatic carboxylic acids is 1. The lowest BCUT2D eigenvalue weighted by Gasteiger charge is -2.32. The quantitative estimate of drug-likeness (QED) is 0.645. The Labute approximate surface area is 111 Å². The van der Waals surface area contributed by atoms with Crippen molar-refractivity contribution in [1.29, 1.82) is 0 Å². The lowest BCUT2D eigenvalue weighted by Crippen LogP contribution is -2.56. The molecule has 0 spiro atoms. The lowest BCUT2D eigenvalue weighted by atomic mass is 9.95. The number of hydrogen-bond donors (Lipinski definition) is 3. The zero-order chi connectivity index (χ0) is 14.2. The number of aliphatic hydroxyl groups excluding tert-OH is 1. The number of amides is 2. The van der Waals surface area contributed by atoms with Gasteiger partial charge in [-0.05, 0) is 20.3 Å². The number of carbonyl (C=O) groups is 2. The molecule has 0 aliphatic carbocycles. The van der Waals surface area contributed by atoms with Crippen LogP contribution in [-0.2, 0) is 9.53 Å². The van der Waals surface area contributed by atoms with Crippen molar-refractivity contribution in [2.45, 2.75) is 50.5 Å². The molecule has 2 rings (SSSR count). The number of aliphatic hydroxyl groups is 1. The number of rotatable bonds is 2. The van der Waals surface area contributed by atoms with Crippen molar-refractivity contribution in [3.05, 3.63) is 0 Å². The topological polar surface area (TPSA) is 99.1 Å². The van der Waals surface area contributed by atoms with Gasteiger partial charge in [0.05, 0.1) is 17.7 Å². The van der Waals surface area contributed by atoms with Crippen molar-refractivity contribution in [3.63, 3.8) is 0 Å². The van der Waals surface area contributed by atoms with Gasteiger partial charge in [0.2, 0.25) is 0 Å². The molecule has 19 heavy (non-hydrogen) atoms. The van der Waals surface area contributed by atoms with Gasteiger partial charge >= 0.3 is 12.0 Å². The maximum Gasteiger partial charge on any atom is 0.326 e. The highest BCUT2D eigenvalue weighted by molar-refractivity contribution is 5.84. The van der Waals surface area contributed by atoms with Crippen LogP contribution in [0, 0.1) is 0 Å². The Hall–Kier alpha value is -1.34. The summed E-state index contributed by atoms with van der Waals surface area (Å²) < 4.78 is 5.43. The van der Waals surface area contributed by atoms with E-state index in [0.717, 1.165) is 0 Å². The molecule has 2 heterocycles. The molecule has 2 saturated heterocycles. The van der Waals surface area contributed by atoms with Gasteiger partial charge in [-0.1, -0.05) is 0 Å². The molecule has 0 aromatic carbocycles. The molecular weight excluding hydrogens is 252 g/mol. The maximum absolute atomic E-state index is 12.2. The van der Waals surface area contributed by atoms with Gasteiger partial charge < -0.3 is 25.2 Å². The summed E-state index contributed by atoms with van der Waals surface area (Å²) in [6, 6.07) is -1.42. The van der Waals surface area contributed by atoms with Gasteiger partial charge in [0, 0.05) is 19.6 Å². The van der Waals surface area contributed by atoms with E-state index in [0.29, 0.717) is 13.0 Å². The summed E-state index contributed by atoms with van der Waals surface area (Å²) in [7, 11) is 0. The number of carbonyl (C=O) groups excluding carboxylic acids is 1. The molecule has 2 fully saturated rings. The number of carboxylic acids is 1. The number of nitrogens with one attached hydrogen (secondary N) is 1. The fourth-order valence-corrected chi connectivity index (χ4v) is 2.59. The van der Waals surface area contributed by atoms with Crippen LogP contribution in [-0.4, -0.2) is 64.1 Å². The molecule has 0 saturated carbocycles. The van der Waals surface area contributed by atoms with Crippen molar-refractivity contribution in [1.82, 2.24) is 10.2 Å². The zero-order valence-corrected chi connectivity index (χ0v) is 11.1. The molecule has 0 aromatic heterocycles. The second kappa shape index (κ2) is 4.97. The molecule has 2 amide bonds. The third-order valence-corrected chi connectivity index (χ3v) is 4.10. The summed E-state index contributed by atoms with van der Waals surface area (Å²) in [5.41, 5.74) is -0.492. The number of urea groups is 1. The van der Waals surface area contributed by atoms with E-state index in [1.54, 1.807) is 0 Å². The molecule has 2 aliphatic rings. The van der Waals surface area contributed by atoms with Crippen molar-refractivity contribution in [2.75, 3.05) is 13.2 Å². The Morgan fingerprint density at radius 2 is 2.16 bits per heavy atom. The minimum absolute atomic E-state index is 0.0497. The molecule has 0 bridgehead atoms. The number of likely N-dealkylation sites (tertiary alicyclic amines) is 1. The second-order valence-corrected chi connectivity index (χ2v) is 5.51. The van der Waals surface area contributed by atoms with Crippen molar-refractivity contribution in [2.24, 2.45) is 0 Å². The van der Waals surface area contributed by atoms with Gasteiger partial charge in [-0.3, -0.25) is 0 Å². The fraction of sp³-hybridized carbons (Fsp3) is 0.833. The Kier molecular flexibility index (Phi) is 3.69. The van der Waals surface area contributed by atoms with Gasteiger partial charge in [0.1, 0.15) is 6.04 Å². The number of carboxylic acid groups (broad SMARTS) is 1. The second-order valence-electron chi connectivity index (χ2n) is 5.51. The Morgan fingerprint density at radius 3 is 2.68 bits per heavy atom. The molecular formula is C12H20N2O5. The molecule has 3 N–H and O–H groups in total. The third kappa shape index (κ3) is 2.66. The van der Waals surface area contributed by atoms with E-state index in [9.17, 15) is 14.7 Å². The number of nitrogens with zero attached hydrogens (tertiary/aromatic N) is 1. The maximum atomic E-state index is 12.2. The Balaban J connectivity index is 2.05. The minimum atomic E-state index is -1.09. The Morgan fingerprint density at radius 1 is 1.47 bits per heavy atom. The first-order valence-electron chi connectivity index (χ1n) is 6.45. The first kappa shape index (κ1) is 14.1. The largest absolute Gasteiger partial charge is 0.480 e. The van der Waals surface area contributed by atoms with Crippen LogP contribution >= 0.6 is 0 Å². The standard InChI is InChI=1S/C12H20N2O5/c1-7-12(2,3-4-19-7)13-11(18)14-6-8(15)5-9(14)10(16)17/h7-9,15H,3-6H2,1-2H3,(H,13,18)(H,16,17)/t7?,8?,9-,12?/m0/s1. The van der Waals surface area contributed by atoms with E-state index in [-0.39, 0.29) is 19.1 Å². The SMILES string of the molecule is CC1OCCC1(C)NC(=O)N1CC(O)C[C@H]1C(=O)O. The van der Waals surface area contributed by atoms with Gasteiger partial charge in [0.25, 0.3) is 0 Å². The summed E-state index contributed by atoms with van der Waals surface area (Å²) >= 11 is 0. The third-order valence-electron chi connectivity index (χ3n) is 4.10. The van der Waals surface area contributed by atoms with E-state index >= 15 is 0 Å². The highest BCUT2D eigenvalue weighted by atomic mass is 16.5. The average Bonchev–Trinajstić information content (AvgIpc) is 2.84. The Bertz CT molecular complexity index is 388. The molecule has 2 aliphatic heterocycles. The van der Waals surface area contributed by atoms with Gasteiger partial charge in [-0.25, -0.2) is 9.59 Å². The van der Waals surface area contributed by atoms with Crippen molar-refractivity contribution >= 4 is 12.0 Å². The summed E-state index contributed by atoms with van der Waals surface area (Å²) in [4.78, 5) is 24.5. The highest BCUT2D eigenvalue weighted by Gasteiger charge is 2.43. The fourth-order valence-electron chi connectivity index (χ4n) is 2.59. The predicted molar refractivity (Wildman–Crippen MR) is 65.7 cm³/mol. The molecule has 3 unspecified atom stereocenters. The van der Waals surface area contributed by atoms with Gasteiger partial charge in [-0.2, -0.15) is 0 Å². The van der Waals surface area contributed by atoms with Crippen LogP contribution in [0.5, 0.6) is 0 Å². The van der Waals surface area contributed by atoms with Crippen LogP contribution in [0.2, 0.25) is 0 Å². The lowest BCUT2D eigenvalue weighted by molar-refractivity contribution is -0.141. The van der Waals surface area contributed by atoms with E-state index < -0.39 is 29.7 Å². The summed E-state index contributed by atoms with van der Waals surface area (Å²) in [6.45, 7) is 4.38. The predicted octanol–water partition coefficient (Wildman–Crippen LogP) is -0.217. The first-order valence-corrected chi connectivity index (χ1v) is 6.45.